The number of benzene rings is 2. The molecule has 1 aromatic heterocycles. The van der Waals surface area contributed by atoms with Crippen LogP contribution in [0.5, 0.6) is 0 Å². The van der Waals surface area contributed by atoms with Gasteiger partial charge in [0.05, 0.1) is 11.0 Å². The van der Waals surface area contributed by atoms with Crippen molar-refractivity contribution in [1.29, 1.82) is 0 Å². The maximum absolute atomic E-state index is 5.85. The zero-order chi connectivity index (χ0) is 11.7. The largest absolute Gasteiger partial charge is 0.333 e. The minimum absolute atomic E-state index is 0.749. The molecule has 3 rings (SSSR count). The van der Waals surface area contributed by atoms with E-state index >= 15 is 0 Å². The number of halogens is 1. The van der Waals surface area contributed by atoms with Crippen LogP contribution in [0.2, 0.25) is 5.02 Å². The molecule has 0 unspecified atom stereocenters. The van der Waals surface area contributed by atoms with Crippen molar-refractivity contribution in [3.8, 4) is 0 Å². The zero-order valence-electron chi connectivity index (χ0n) is 8.85. The lowest BCUT2D eigenvalue weighted by molar-refractivity contribution is 1.08. The molecule has 1 heterocycles. The summed E-state index contributed by atoms with van der Waals surface area (Å²) in [6.45, 7) is 0. The number of rotatable bonds is 2. The molecule has 0 aliphatic heterocycles. The molecule has 2 aromatic carbocycles. The molecule has 0 saturated heterocycles. The summed E-state index contributed by atoms with van der Waals surface area (Å²) in [5.74, 6) is 0. The van der Waals surface area contributed by atoms with Crippen molar-refractivity contribution >= 4 is 34.4 Å². The van der Waals surface area contributed by atoms with Gasteiger partial charge >= 0.3 is 0 Å². The van der Waals surface area contributed by atoms with Crippen LogP contribution in [0, 0.1) is 0 Å². The number of nitrogens with one attached hydrogen (secondary N) is 1. The average molecular weight is 261 g/mol. The molecule has 0 spiro atoms. The molecule has 1 N–H and O–H groups in total. The van der Waals surface area contributed by atoms with Gasteiger partial charge in [0.15, 0.2) is 5.16 Å². The molecule has 17 heavy (non-hydrogen) atoms. The predicted molar refractivity (Wildman–Crippen MR) is 71.7 cm³/mol. The third-order valence-corrected chi connectivity index (χ3v) is 3.54. The van der Waals surface area contributed by atoms with Gasteiger partial charge in [-0.15, -0.1) is 0 Å². The Morgan fingerprint density at radius 1 is 1.00 bits per heavy atom. The summed E-state index contributed by atoms with van der Waals surface area (Å²) >= 11 is 7.44. The first-order chi connectivity index (χ1) is 8.31. The molecular formula is C13H9ClN2S. The zero-order valence-corrected chi connectivity index (χ0v) is 10.4. The highest BCUT2D eigenvalue weighted by atomic mass is 35.5. The lowest BCUT2D eigenvalue weighted by atomic mass is 10.3. The van der Waals surface area contributed by atoms with Crippen LogP contribution in [0.3, 0.4) is 0 Å². The van der Waals surface area contributed by atoms with Gasteiger partial charge in [0.1, 0.15) is 0 Å². The van der Waals surface area contributed by atoms with E-state index < -0.39 is 0 Å². The molecule has 0 radical (unpaired) electrons. The summed E-state index contributed by atoms with van der Waals surface area (Å²) in [7, 11) is 0. The Balaban J connectivity index is 1.92. The summed E-state index contributed by atoms with van der Waals surface area (Å²) in [6.07, 6.45) is 0. The van der Waals surface area contributed by atoms with E-state index in [2.05, 4.69) is 9.97 Å². The van der Waals surface area contributed by atoms with Gasteiger partial charge < -0.3 is 4.98 Å². The Bertz CT molecular complexity index is 613. The highest BCUT2D eigenvalue weighted by Crippen LogP contribution is 2.27. The smallest absolute Gasteiger partial charge is 0.171 e. The molecule has 0 bridgehead atoms. The fraction of sp³-hybridized carbons (Fsp3) is 0. The third kappa shape index (κ3) is 2.30. The summed E-state index contributed by atoms with van der Waals surface area (Å²) in [4.78, 5) is 8.90. The van der Waals surface area contributed by atoms with E-state index in [0.717, 1.165) is 26.1 Å². The van der Waals surface area contributed by atoms with Gasteiger partial charge in [-0.1, -0.05) is 35.5 Å². The second-order valence-electron chi connectivity index (χ2n) is 3.62. The summed E-state index contributed by atoms with van der Waals surface area (Å²) in [5, 5.41) is 1.65. The minimum Gasteiger partial charge on any atom is -0.333 e. The predicted octanol–water partition coefficient (Wildman–Crippen LogP) is 4.37. The first-order valence-electron chi connectivity index (χ1n) is 5.19. The highest BCUT2D eigenvalue weighted by Gasteiger charge is 2.03. The third-order valence-electron chi connectivity index (χ3n) is 2.40. The van der Waals surface area contributed by atoms with E-state index in [1.165, 1.54) is 0 Å². The van der Waals surface area contributed by atoms with Gasteiger partial charge in [0.25, 0.3) is 0 Å². The van der Waals surface area contributed by atoms with E-state index in [1.54, 1.807) is 11.8 Å². The second kappa shape index (κ2) is 4.43. The summed E-state index contributed by atoms with van der Waals surface area (Å²) < 4.78 is 0. The molecule has 0 fully saturated rings. The molecule has 3 aromatic rings. The van der Waals surface area contributed by atoms with Crippen LogP contribution >= 0.6 is 23.4 Å². The first kappa shape index (κ1) is 10.7. The van der Waals surface area contributed by atoms with Crippen LogP contribution in [0.4, 0.5) is 0 Å². The van der Waals surface area contributed by atoms with E-state index in [0.29, 0.717) is 0 Å². The Kier molecular flexibility index (Phi) is 2.79. The minimum atomic E-state index is 0.749. The number of aromatic nitrogens is 2. The van der Waals surface area contributed by atoms with Crippen molar-refractivity contribution in [3.63, 3.8) is 0 Å². The molecule has 2 nitrogen and oxygen atoms in total. The molecule has 0 aliphatic rings. The van der Waals surface area contributed by atoms with Gasteiger partial charge in [0, 0.05) is 9.92 Å². The number of aromatic amines is 1. The van der Waals surface area contributed by atoms with Gasteiger partial charge in [0.2, 0.25) is 0 Å². The molecular weight excluding hydrogens is 252 g/mol. The SMILES string of the molecule is Clc1ccc(Sc2nc3ccccc3[nH]2)cc1. The topological polar surface area (TPSA) is 28.7 Å². The number of imidazole rings is 1. The number of H-pyrrole nitrogens is 1. The number of para-hydroxylation sites is 2. The van der Waals surface area contributed by atoms with Crippen LogP contribution in [0.25, 0.3) is 11.0 Å². The summed E-state index contributed by atoms with van der Waals surface area (Å²) in [5.41, 5.74) is 2.05. The molecule has 0 saturated carbocycles. The molecule has 0 aliphatic carbocycles. The molecule has 84 valence electrons. The van der Waals surface area contributed by atoms with Crippen LogP contribution in [-0.4, -0.2) is 9.97 Å². The highest BCUT2D eigenvalue weighted by molar-refractivity contribution is 7.99. The molecule has 4 heteroatoms. The van der Waals surface area contributed by atoms with Gasteiger partial charge in [-0.25, -0.2) is 4.98 Å². The van der Waals surface area contributed by atoms with Gasteiger partial charge in [-0.3, -0.25) is 0 Å². The van der Waals surface area contributed by atoms with Crippen LogP contribution in [0.1, 0.15) is 0 Å². The molecule has 0 amide bonds. The van der Waals surface area contributed by atoms with E-state index in [1.807, 2.05) is 48.5 Å². The van der Waals surface area contributed by atoms with E-state index in [4.69, 9.17) is 11.6 Å². The van der Waals surface area contributed by atoms with Gasteiger partial charge in [-0.05, 0) is 36.4 Å². The van der Waals surface area contributed by atoms with Crippen LogP contribution < -0.4 is 0 Å². The second-order valence-corrected chi connectivity index (χ2v) is 5.11. The quantitative estimate of drug-likeness (QED) is 0.741. The molecule has 0 atom stereocenters. The van der Waals surface area contributed by atoms with E-state index in [9.17, 15) is 0 Å². The van der Waals surface area contributed by atoms with Crippen molar-refractivity contribution in [2.75, 3.05) is 0 Å². The van der Waals surface area contributed by atoms with Crippen molar-refractivity contribution in [2.45, 2.75) is 10.1 Å². The summed E-state index contributed by atoms with van der Waals surface area (Å²) in [6, 6.07) is 15.7. The Morgan fingerprint density at radius 3 is 2.53 bits per heavy atom. The van der Waals surface area contributed by atoms with Crippen LogP contribution in [-0.2, 0) is 0 Å². The Labute approximate surface area is 108 Å². The first-order valence-corrected chi connectivity index (χ1v) is 6.39. The number of fused-ring (bicyclic) bond motifs is 1. The normalized spacial score (nSPS) is 10.9. The van der Waals surface area contributed by atoms with Crippen molar-refractivity contribution in [2.24, 2.45) is 0 Å². The standard InChI is InChI=1S/C13H9ClN2S/c14-9-5-7-10(8-6-9)17-13-15-11-3-1-2-4-12(11)16-13/h1-8H,(H,15,16). The van der Waals surface area contributed by atoms with Crippen molar-refractivity contribution < 1.29 is 0 Å². The number of nitrogens with zero attached hydrogens (tertiary/aromatic N) is 1. The Morgan fingerprint density at radius 2 is 1.76 bits per heavy atom. The van der Waals surface area contributed by atoms with Crippen molar-refractivity contribution in [1.82, 2.24) is 9.97 Å². The maximum atomic E-state index is 5.85. The fourth-order valence-electron chi connectivity index (χ4n) is 1.59. The average Bonchev–Trinajstić information content (AvgIpc) is 2.74. The maximum Gasteiger partial charge on any atom is 0.171 e. The number of hydrogen-bond donors (Lipinski definition) is 1. The van der Waals surface area contributed by atoms with E-state index in [-0.39, 0.29) is 0 Å². The van der Waals surface area contributed by atoms with Gasteiger partial charge in [-0.2, -0.15) is 0 Å². The lowest BCUT2D eigenvalue weighted by Gasteiger charge is -1.97. The van der Waals surface area contributed by atoms with Crippen molar-refractivity contribution in [3.05, 3.63) is 53.6 Å². The lowest BCUT2D eigenvalue weighted by Crippen LogP contribution is -1.75. The van der Waals surface area contributed by atoms with Crippen LogP contribution in [0.15, 0.2) is 58.6 Å². The Hall–Kier alpha value is -1.45. The fourth-order valence-corrected chi connectivity index (χ4v) is 2.52. The number of hydrogen-bond acceptors (Lipinski definition) is 2. The monoisotopic (exact) mass is 260 g/mol.